The second kappa shape index (κ2) is 31.4. The monoisotopic (exact) mass is 578 g/mol. The molecule has 0 aromatic heterocycles. The molecule has 0 unspecified atom stereocenters. The standard InChI is InChI=1S/C32H67O2PS2/c1-3-5-7-9-11-13-15-17-19-21-23-25-27-29-31-36-35(33,34)37-32-30-28-26-24-22-20-18-16-14-12-10-8-6-4-2/h3-32H2,1-2H3,(H,33,34). The number of hydrogen-bond acceptors (Lipinski definition) is 3. The van der Waals surface area contributed by atoms with Gasteiger partial charge in [0.05, 0.1) is 0 Å². The van der Waals surface area contributed by atoms with Crippen LogP contribution >= 0.6 is 28.5 Å². The average Bonchev–Trinajstić information content (AvgIpc) is 2.88. The summed E-state index contributed by atoms with van der Waals surface area (Å²) in [5.74, 6) is -1.34. The summed E-state index contributed by atoms with van der Waals surface area (Å²) in [5, 5.41) is 0. The van der Waals surface area contributed by atoms with E-state index in [1.54, 1.807) is 0 Å². The molecule has 0 amide bonds. The fourth-order valence-electron chi connectivity index (χ4n) is 4.99. The van der Waals surface area contributed by atoms with Crippen LogP contribution in [-0.4, -0.2) is 16.4 Å². The van der Waals surface area contributed by atoms with Gasteiger partial charge in [-0.1, -0.05) is 204 Å². The fourth-order valence-corrected chi connectivity index (χ4v) is 10.6. The van der Waals surface area contributed by atoms with E-state index in [9.17, 15) is 9.46 Å². The molecule has 0 aliphatic rings. The van der Waals surface area contributed by atoms with E-state index in [4.69, 9.17) is 0 Å². The Bertz CT molecular complexity index is 438. The SMILES string of the molecule is CCCCCCCCCCCCCCCCSP(=O)(O)SCCCCCCCCCCCCCCCC. The lowest BCUT2D eigenvalue weighted by Crippen LogP contribution is -1.86. The van der Waals surface area contributed by atoms with Crippen molar-refractivity contribution in [3.05, 3.63) is 0 Å². The lowest BCUT2D eigenvalue weighted by molar-refractivity contribution is 0.514. The van der Waals surface area contributed by atoms with Crippen LogP contribution in [0.3, 0.4) is 0 Å². The number of unbranched alkanes of at least 4 members (excludes halogenated alkanes) is 26. The summed E-state index contributed by atoms with van der Waals surface area (Å²) >= 11 is 2.65. The maximum atomic E-state index is 12.4. The maximum Gasteiger partial charge on any atom is 0.310 e. The Kier molecular flexibility index (Phi) is 32.2. The van der Waals surface area contributed by atoms with Gasteiger partial charge in [-0.05, 0) is 12.8 Å². The lowest BCUT2D eigenvalue weighted by Gasteiger charge is -2.10. The Hall–Kier alpha value is 0.890. The minimum atomic E-state index is -3.03. The molecule has 5 heteroatoms. The van der Waals surface area contributed by atoms with Crippen LogP contribution in [0.15, 0.2) is 0 Å². The Balaban J connectivity index is 3.28. The zero-order valence-electron chi connectivity index (χ0n) is 25.3. The molecule has 0 atom stereocenters. The quantitative estimate of drug-likeness (QED) is 0.0636. The first kappa shape index (κ1) is 37.9. The smallest absolute Gasteiger partial charge is 0.310 e. The molecular weight excluding hydrogens is 511 g/mol. The molecule has 0 aliphatic carbocycles. The molecule has 0 bridgehead atoms. The molecule has 0 saturated heterocycles. The first-order valence-electron chi connectivity index (χ1n) is 16.7. The Morgan fingerprint density at radius 3 is 0.784 bits per heavy atom. The zero-order valence-corrected chi connectivity index (χ0v) is 27.9. The highest BCUT2D eigenvalue weighted by atomic mass is 33.1. The van der Waals surface area contributed by atoms with Gasteiger partial charge < -0.3 is 4.89 Å². The van der Waals surface area contributed by atoms with Crippen molar-refractivity contribution in [2.45, 2.75) is 194 Å². The molecule has 0 saturated carbocycles. The normalized spacial score (nSPS) is 12.0. The van der Waals surface area contributed by atoms with E-state index in [0.29, 0.717) is 0 Å². The minimum Gasteiger partial charge on any atom is -0.329 e. The highest BCUT2D eigenvalue weighted by Gasteiger charge is 2.18. The summed E-state index contributed by atoms with van der Waals surface area (Å²) in [7, 11) is 0. The summed E-state index contributed by atoms with van der Waals surface area (Å²) in [6, 6.07) is 0. The Morgan fingerprint density at radius 1 is 0.378 bits per heavy atom. The third-order valence-electron chi connectivity index (χ3n) is 7.50. The topological polar surface area (TPSA) is 37.3 Å². The van der Waals surface area contributed by atoms with Crippen LogP contribution in [0.25, 0.3) is 0 Å². The number of rotatable bonds is 32. The van der Waals surface area contributed by atoms with Gasteiger partial charge in [0.1, 0.15) is 0 Å². The van der Waals surface area contributed by atoms with E-state index in [1.807, 2.05) is 0 Å². The number of hydrogen-bond donors (Lipinski definition) is 1. The third kappa shape index (κ3) is 33.0. The van der Waals surface area contributed by atoms with Gasteiger partial charge in [0.25, 0.3) is 0 Å². The second-order valence-corrected chi connectivity index (χ2v) is 18.8. The van der Waals surface area contributed by atoms with Crippen molar-refractivity contribution in [1.82, 2.24) is 0 Å². The van der Waals surface area contributed by atoms with E-state index in [-0.39, 0.29) is 0 Å². The predicted octanol–water partition coefficient (Wildman–Crippen LogP) is 13.5. The highest BCUT2D eigenvalue weighted by molar-refractivity contribution is 8.88. The molecule has 0 heterocycles. The van der Waals surface area contributed by atoms with Crippen molar-refractivity contribution >= 4 is 28.5 Å². The Morgan fingerprint density at radius 2 is 0.568 bits per heavy atom. The molecule has 224 valence electrons. The first-order chi connectivity index (χ1) is 18.1. The van der Waals surface area contributed by atoms with Crippen molar-refractivity contribution in [3.63, 3.8) is 0 Å². The van der Waals surface area contributed by atoms with Crippen LogP contribution < -0.4 is 0 Å². The van der Waals surface area contributed by atoms with E-state index in [1.165, 1.54) is 190 Å². The van der Waals surface area contributed by atoms with Crippen LogP contribution in [0.5, 0.6) is 0 Å². The van der Waals surface area contributed by atoms with E-state index in [0.717, 1.165) is 24.3 Å². The molecule has 0 aromatic carbocycles. The van der Waals surface area contributed by atoms with Crippen LogP contribution in [0.4, 0.5) is 0 Å². The van der Waals surface area contributed by atoms with Gasteiger partial charge in [-0.25, -0.2) is 0 Å². The first-order valence-corrected chi connectivity index (χ1v) is 21.6. The minimum absolute atomic E-state index is 0.845. The van der Waals surface area contributed by atoms with Gasteiger partial charge in [-0.15, -0.1) is 0 Å². The van der Waals surface area contributed by atoms with Gasteiger partial charge in [0.2, 0.25) is 0 Å². The summed E-state index contributed by atoms with van der Waals surface area (Å²) in [4.78, 5) is 10.2. The molecule has 37 heavy (non-hydrogen) atoms. The van der Waals surface area contributed by atoms with Crippen molar-refractivity contribution in [2.75, 3.05) is 11.5 Å². The highest BCUT2D eigenvalue weighted by Crippen LogP contribution is 2.65. The van der Waals surface area contributed by atoms with E-state index in [2.05, 4.69) is 13.8 Å². The zero-order chi connectivity index (χ0) is 27.1. The maximum absolute atomic E-state index is 12.4. The van der Waals surface area contributed by atoms with Crippen molar-refractivity contribution in [3.8, 4) is 0 Å². The second-order valence-electron chi connectivity index (χ2n) is 11.3. The summed E-state index contributed by atoms with van der Waals surface area (Å²) in [6.07, 6.45) is 38.0. The summed E-state index contributed by atoms with van der Waals surface area (Å²) < 4.78 is 12.4. The lowest BCUT2D eigenvalue weighted by atomic mass is 10.0. The molecule has 1 N–H and O–H groups in total. The van der Waals surface area contributed by atoms with Crippen LogP contribution in [0.2, 0.25) is 0 Å². The average molecular weight is 579 g/mol. The van der Waals surface area contributed by atoms with Gasteiger partial charge in [-0.3, -0.25) is 4.57 Å². The van der Waals surface area contributed by atoms with Crippen LogP contribution in [0.1, 0.15) is 194 Å². The molecule has 2 nitrogen and oxygen atoms in total. The molecule has 0 aliphatic heterocycles. The third-order valence-corrected chi connectivity index (χ3v) is 14.1. The van der Waals surface area contributed by atoms with Crippen LogP contribution in [0, 0.1) is 0 Å². The van der Waals surface area contributed by atoms with Crippen molar-refractivity contribution in [1.29, 1.82) is 0 Å². The Labute approximate surface area is 242 Å². The summed E-state index contributed by atoms with van der Waals surface area (Å²) in [5.41, 5.74) is 0. The van der Waals surface area contributed by atoms with Crippen molar-refractivity contribution < 1.29 is 9.46 Å². The van der Waals surface area contributed by atoms with E-state index < -0.39 is 5.77 Å². The molecular formula is C32H67O2PS2. The van der Waals surface area contributed by atoms with Crippen LogP contribution in [-0.2, 0) is 4.57 Å². The van der Waals surface area contributed by atoms with Gasteiger partial charge in [0, 0.05) is 11.5 Å². The molecule has 0 rings (SSSR count). The van der Waals surface area contributed by atoms with Crippen molar-refractivity contribution in [2.24, 2.45) is 0 Å². The molecule has 0 aromatic rings. The van der Waals surface area contributed by atoms with Gasteiger partial charge in [0.15, 0.2) is 0 Å². The molecule has 0 fully saturated rings. The molecule has 0 spiro atoms. The summed E-state index contributed by atoms with van der Waals surface area (Å²) in [6.45, 7) is 4.57. The van der Waals surface area contributed by atoms with Gasteiger partial charge in [-0.2, -0.15) is 0 Å². The predicted molar refractivity (Wildman–Crippen MR) is 175 cm³/mol. The molecule has 0 radical (unpaired) electrons. The largest absolute Gasteiger partial charge is 0.329 e. The fraction of sp³-hybridized carbons (Fsp3) is 1.00. The van der Waals surface area contributed by atoms with Gasteiger partial charge >= 0.3 is 5.77 Å². The van der Waals surface area contributed by atoms with E-state index >= 15 is 0 Å².